The highest BCUT2D eigenvalue weighted by atomic mass is 35.5. The van der Waals surface area contributed by atoms with E-state index in [4.69, 9.17) is 31.5 Å². The number of halogens is 4. The molecule has 0 saturated heterocycles. The van der Waals surface area contributed by atoms with Crippen LogP contribution in [0.3, 0.4) is 0 Å². The number of nitrogens with one attached hydrogen (secondary N) is 2. The molecular formula is C42H46ClF3N4O9S. The lowest BCUT2D eigenvalue weighted by molar-refractivity contribution is -0.139. The number of sulfone groups is 1. The first-order valence-corrected chi connectivity index (χ1v) is 20.7. The average Bonchev–Trinajstić information content (AvgIpc) is 3.52. The number of nitrogens with zero attached hydrogens (tertiary/aromatic N) is 1. The standard InChI is InChI=1S/C22H21F3N2O4S.C20H25ClN2O5/c1-14-18(21(29)26-15-7-9-16(10-8-15)32(2,30)31)13-27(11-12-28)20(14)17-5-3-4-6-19(17)22(23,24)25;1-4-28-20(25)18-15(11-27-10-9-22)23-12(2)16(19(24)26-3)17(18)13-7-5-6-8-14(13)21/h3-10,13,28H,11-12H2,1-2H3,(H,26,29);5-8,17,23H,4,9-11,22H2,1-3H3. The largest absolute Gasteiger partial charge is 0.466 e. The third kappa shape index (κ3) is 11.2. The van der Waals surface area contributed by atoms with Gasteiger partial charge < -0.3 is 40.3 Å². The van der Waals surface area contributed by atoms with Gasteiger partial charge in [-0.25, -0.2) is 18.0 Å². The highest BCUT2D eigenvalue weighted by Crippen LogP contribution is 2.42. The van der Waals surface area contributed by atoms with Gasteiger partial charge in [0.25, 0.3) is 5.91 Å². The lowest BCUT2D eigenvalue weighted by Crippen LogP contribution is -2.35. The Bertz CT molecular complexity index is 2380. The van der Waals surface area contributed by atoms with E-state index in [1.807, 2.05) is 0 Å². The average molecular weight is 875 g/mol. The number of methoxy groups -OCH3 is 1. The summed E-state index contributed by atoms with van der Waals surface area (Å²) in [6, 6.07) is 17.6. The van der Waals surface area contributed by atoms with Gasteiger partial charge >= 0.3 is 18.1 Å². The van der Waals surface area contributed by atoms with Gasteiger partial charge in [0.2, 0.25) is 0 Å². The number of ether oxygens (including phenoxy) is 3. The molecule has 1 aliphatic heterocycles. The first kappa shape index (κ1) is 47.2. The summed E-state index contributed by atoms with van der Waals surface area (Å²) in [5.41, 5.74) is 7.73. The van der Waals surface area contributed by atoms with Crippen molar-refractivity contribution in [1.29, 1.82) is 0 Å². The zero-order chi connectivity index (χ0) is 44.4. The summed E-state index contributed by atoms with van der Waals surface area (Å²) < 4.78 is 81.1. The normalized spacial score (nSPS) is 14.2. The zero-order valence-corrected chi connectivity index (χ0v) is 35.1. The van der Waals surface area contributed by atoms with Gasteiger partial charge in [-0.15, -0.1) is 0 Å². The molecule has 13 nitrogen and oxygen atoms in total. The Balaban J connectivity index is 0.000000267. The third-order valence-corrected chi connectivity index (χ3v) is 10.7. The van der Waals surface area contributed by atoms with E-state index in [9.17, 15) is 41.1 Å². The summed E-state index contributed by atoms with van der Waals surface area (Å²) in [6.45, 7) is 5.62. The maximum Gasteiger partial charge on any atom is 0.417 e. The third-order valence-electron chi connectivity index (χ3n) is 9.22. The Morgan fingerprint density at radius 1 is 0.983 bits per heavy atom. The van der Waals surface area contributed by atoms with Crippen molar-refractivity contribution >= 4 is 45.0 Å². The van der Waals surface area contributed by atoms with Crippen molar-refractivity contribution in [1.82, 2.24) is 9.88 Å². The van der Waals surface area contributed by atoms with Gasteiger partial charge in [0, 0.05) is 47.5 Å². The number of anilines is 1. The predicted molar refractivity (Wildman–Crippen MR) is 220 cm³/mol. The molecule has 322 valence electrons. The van der Waals surface area contributed by atoms with Crippen LogP contribution in [0.25, 0.3) is 11.3 Å². The highest BCUT2D eigenvalue weighted by Gasteiger charge is 2.40. The van der Waals surface area contributed by atoms with Crippen LogP contribution in [0.5, 0.6) is 0 Å². The van der Waals surface area contributed by atoms with Crippen LogP contribution in [0, 0.1) is 6.92 Å². The number of dihydropyridines is 1. The van der Waals surface area contributed by atoms with E-state index in [1.165, 1.54) is 67.3 Å². The van der Waals surface area contributed by atoms with Crippen molar-refractivity contribution in [2.45, 2.75) is 44.3 Å². The molecule has 1 atom stereocenters. The number of allylic oxidation sites excluding steroid dienone is 1. The first-order valence-electron chi connectivity index (χ1n) is 18.5. The van der Waals surface area contributed by atoms with Crippen LogP contribution in [0.2, 0.25) is 5.02 Å². The molecule has 1 aliphatic rings. The van der Waals surface area contributed by atoms with E-state index in [1.54, 1.807) is 38.1 Å². The number of rotatable bonds is 14. The fourth-order valence-corrected chi connectivity index (χ4v) is 7.44. The monoisotopic (exact) mass is 874 g/mol. The van der Waals surface area contributed by atoms with Crippen LogP contribution in [0.15, 0.2) is 106 Å². The zero-order valence-electron chi connectivity index (χ0n) is 33.5. The molecule has 5 N–H and O–H groups in total. The molecule has 0 saturated carbocycles. The summed E-state index contributed by atoms with van der Waals surface area (Å²) in [5.74, 6) is -2.44. The predicted octanol–water partition coefficient (Wildman–Crippen LogP) is 6.40. The van der Waals surface area contributed by atoms with E-state index >= 15 is 0 Å². The van der Waals surface area contributed by atoms with Crippen molar-refractivity contribution in [2.24, 2.45) is 5.73 Å². The molecule has 0 fully saturated rings. The fourth-order valence-electron chi connectivity index (χ4n) is 6.57. The van der Waals surface area contributed by atoms with Gasteiger partial charge in [-0.3, -0.25) is 4.79 Å². The van der Waals surface area contributed by atoms with Crippen molar-refractivity contribution in [3.63, 3.8) is 0 Å². The Morgan fingerprint density at radius 3 is 2.22 bits per heavy atom. The molecule has 2 heterocycles. The number of aromatic nitrogens is 1. The molecule has 0 bridgehead atoms. The van der Waals surface area contributed by atoms with Crippen LogP contribution in [0.1, 0.15) is 46.8 Å². The lowest BCUT2D eigenvalue weighted by atomic mass is 9.80. The number of carbonyl (C=O) groups is 3. The number of benzene rings is 3. The fraction of sp³-hybridized carbons (Fsp3) is 0.310. The number of nitrogens with two attached hydrogens (primary N) is 1. The minimum Gasteiger partial charge on any atom is -0.466 e. The quantitative estimate of drug-likeness (QED) is 0.0812. The van der Waals surface area contributed by atoms with E-state index in [0.717, 1.165) is 12.3 Å². The molecule has 5 rings (SSSR count). The minimum atomic E-state index is -4.60. The number of hydrogen-bond donors (Lipinski definition) is 4. The van der Waals surface area contributed by atoms with Crippen LogP contribution in [-0.4, -0.2) is 82.3 Å². The van der Waals surface area contributed by atoms with Crippen molar-refractivity contribution in [3.8, 4) is 11.3 Å². The highest BCUT2D eigenvalue weighted by molar-refractivity contribution is 7.90. The Morgan fingerprint density at radius 2 is 1.63 bits per heavy atom. The van der Waals surface area contributed by atoms with Gasteiger partial charge in [0.1, 0.15) is 0 Å². The second-order valence-electron chi connectivity index (χ2n) is 13.3. The van der Waals surface area contributed by atoms with Crippen LogP contribution in [0.4, 0.5) is 18.9 Å². The summed E-state index contributed by atoms with van der Waals surface area (Å²) in [6.07, 6.45) is -2.14. The maximum absolute atomic E-state index is 13.6. The second-order valence-corrected chi connectivity index (χ2v) is 15.7. The number of aliphatic hydroxyl groups excluding tert-OH is 1. The van der Waals surface area contributed by atoms with E-state index < -0.39 is 45.3 Å². The van der Waals surface area contributed by atoms with E-state index in [-0.39, 0.29) is 53.7 Å². The first-order chi connectivity index (χ1) is 28.4. The van der Waals surface area contributed by atoms with Gasteiger partial charge in [-0.2, -0.15) is 13.2 Å². The minimum absolute atomic E-state index is 0.00129. The Kier molecular flexibility index (Phi) is 16.3. The number of aliphatic hydroxyl groups is 1. The molecule has 18 heteroatoms. The molecule has 3 aromatic carbocycles. The van der Waals surface area contributed by atoms with Gasteiger partial charge in [0.05, 0.1) is 78.0 Å². The van der Waals surface area contributed by atoms with E-state index in [0.29, 0.717) is 52.0 Å². The van der Waals surface area contributed by atoms with Crippen LogP contribution in [-0.2, 0) is 46.4 Å². The summed E-state index contributed by atoms with van der Waals surface area (Å²) in [7, 11) is -2.10. The Hall–Kier alpha value is -5.46. The molecule has 4 aromatic rings. The maximum atomic E-state index is 13.6. The summed E-state index contributed by atoms with van der Waals surface area (Å²) >= 11 is 6.42. The van der Waals surface area contributed by atoms with Gasteiger partial charge in [-0.1, -0.05) is 48.0 Å². The lowest BCUT2D eigenvalue weighted by Gasteiger charge is -2.31. The van der Waals surface area contributed by atoms with Gasteiger partial charge in [0.15, 0.2) is 9.84 Å². The van der Waals surface area contributed by atoms with Crippen molar-refractivity contribution < 1.29 is 55.3 Å². The number of hydrogen-bond acceptors (Lipinski definition) is 11. The summed E-state index contributed by atoms with van der Waals surface area (Å²) in [5, 5.41) is 15.5. The molecule has 60 heavy (non-hydrogen) atoms. The Labute approximate surface area is 350 Å². The summed E-state index contributed by atoms with van der Waals surface area (Å²) in [4.78, 5) is 38.4. The molecule has 1 aromatic heterocycles. The number of esters is 2. The SMILES string of the molecule is CCOC(=O)C1=C(COCCN)NC(C)=C(C(=O)OC)C1c1ccccc1Cl.Cc1c(C(=O)Nc2ccc(S(C)(=O)=O)cc2)cn(CCO)c1-c1ccccc1C(F)(F)F. The van der Waals surface area contributed by atoms with Gasteiger partial charge in [-0.05, 0) is 68.3 Å². The van der Waals surface area contributed by atoms with E-state index in [2.05, 4.69) is 10.6 Å². The van der Waals surface area contributed by atoms with Crippen molar-refractivity contribution in [3.05, 3.63) is 129 Å². The molecule has 1 unspecified atom stereocenters. The topological polar surface area (TPSA) is 188 Å². The van der Waals surface area contributed by atoms with Crippen LogP contribution < -0.4 is 16.4 Å². The number of alkyl halides is 3. The van der Waals surface area contributed by atoms with Crippen molar-refractivity contribution in [2.75, 3.05) is 51.7 Å². The number of amides is 1. The molecule has 1 amide bonds. The molecular weight excluding hydrogens is 829 g/mol. The van der Waals surface area contributed by atoms with Crippen LogP contribution >= 0.6 is 11.6 Å². The molecule has 0 aliphatic carbocycles. The molecule has 0 radical (unpaired) electrons. The second kappa shape index (κ2) is 20.7. The molecule has 0 spiro atoms. The number of carbonyl (C=O) groups excluding carboxylic acids is 3. The smallest absolute Gasteiger partial charge is 0.417 e.